The van der Waals surface area contributed by atoms with Gasteiger partial charge in [-0.25, -0.2) is 0 Å². The molecule has 0 unspecified atom stereocenters. The average molecular weight is 435 g/mol. The molecule has 0 saturated heterocycles. The lowest BCUT2D eigenvalue weighted by Gasteiger charge is -2.48. The van der Waals surface area contributed by atoms with E-state index in [-0.39, 0.29) is 0 Å². The number of anilines is 2. The standard InChI is InChI=1S/C28H42N2Si/c29-25-11-7-9-23(21-25)17-19-31(27-13-3-1-4-14-27,28-15-5-2-6-16-28)20-18-24-10-8-12-26(30)22-24/h7-12,21-22,27-28H,1-6,13-20,29-30H2. The maximum atomic E-state index is 6.13. The molecule has 0 bridgehead atoms. The monoisotopic (exact) mass is 434 g/mol. The van der Waals surface area contributed by atoms with Crippen LogP contribution in [0.25, 0.3) is 0 Å². The number of benzene rings is 2. The Bertz CT molecular complexity index is 752. The summed E-state index contributed by atoms with van der Waals surface area (Å²) in [6, 6.07) is 20.3. The Morgan fingerprint density at radius 3 is 1.42 bits per heavy atom. The van der Waals surface area contributed by atoms with Gasteiger partial charge in [-0.2, -0.15) is 0 Å². The quantitative estimate of drug-likeness (QED) is 0.329. The minimum absolute atomic E-state index is 0.917. The SMILES string of the molecule is Nc1cccc(CC[Si](CCc2cccc(N)c2)(C2CCCCC2)C2CCCCC2)c1. The molecule has 3 heteroatoms. The molecule has 2 aliphatic rings. The van der Waals surface area contributed by atoms with Crippen molar-refractivity contribution in [1.29, 1.82) is 0 Å². The van der Waals surface area contributed by atoms with E-state index < -0.39 is 8.07 Å². The third kappa shape index (κ3) is 5.74. The van der Waals surface area contributed by atoms with Gasteiger partial charge in [-0.05, 0) is 59.3 Å². The first-order valence-electron chi connectivity index (χ1n) is 12.8. The second kappa shape index (κ2) is 10.7. The number of rotatable bonds is 8. The second-order valence-electron chi connectivity index (χ2n) is 10.4. The first-order chi connectivity index (χ1) is 15.2. The zero-order chi connectivity index (χ0) is 21.5. The summed E-state index contributed by atoms with van der Waals surface area (Å²) in [6.07, 6.45) is 17.2. The van der Waals surface area contributed by atoms with Crippen molar-refractivity contribution in [1.82, 2.24) is 0 Å². The topological polar surface area (TPSA) is 52.0 Å². The Morgan fingerprint density at radius 2 is 1.03 bits per heavy atom. The maximum absolute atomic E-state index is 6.13. The van der Waals surface area contributed by atoms with Crippen LogP contribution in [0.2, 0.25) is 23.2 Å². The van der Waals surface area contributed by atoms with Crippen LogP contribution in [-0.4, -0.2) is 8.07 Å². The number of nitrogens with two attached hydrogens (primary N) is 2. The van der Waals surface area contributed by atoms with Crippen molar-refractivity contribution in [2.75, 3.05) is 11.5 Å². The Morgan fingerprint density at radius 1 is 0.613 bits per heavy atom. The summed E-state index contributed by atoms with van der Waals surface area (Å²) in [5.41, 5.74) is 19.0. The fourth-order valence-corrected chi connectivity index (χ4v) is 14.1. The Hall–Kier alpha value is -1.74. The molecule has 0 amide bonds. The van der Waals surface area contributed by atoms with Crippen LogP contribution in [0.4, 0.5) is 11.4 Å². The summed E-state index contributed by atoms with van der Waals surface area (Å²) in [5.74, 6) is 0. The van der Waals surface area contributed by atoms with Gasteiger partial charge in [0.2, 0.25) is 0 Å². The number of hydrogen-bond donors (Lipinski definition) is 2. The lowest BCUT2D eigenvalue weighted by Crippen LogP contribution is -2.47. The molecule has 0 aromatic heterocycles. The summed E-state index contributed by atoms with van der Waals surface area (Å²) in [6.45, 7) is 0. The van der Waals surface area contributed by atoms with Crippen molar-refractivity contribution in [2.24, 2.45) is 0 Å². The highest BCUT2D eigenvalue weighted by Gasteiger charge is 2.46. The third-order valence-corrected chi connectivity index (χ3v) is 15.3. The summed E-state index contributed by atoms with van der Waals surface area (Å²) in [7, 11) is -1.48. The van der Waals surface area contributed by atoms with Gasteiger partial charge in [-0.15, -0.1) is 0 Å². The number of hydrogen-bond acceptors (Lipinski definition) is 2. The second-order valence-corrected chi connectivity index (χ2v) is 15.5. The van der Waals surface area contributed by atoms with E-state index in [2.05, 4.69) is 36.4 Å². The molecule has 0 atom stereocenters. The van der Waals surface area contributed by atoms with E-state index in [0.29, 0.717) is 0 Å². The van der Waals surface area contributed by atoms with Crippen LogP contribution in [0.15, 0.2) is 48.5 Å². The van der Waals surface area contributed by atoms with Crippen LogP contribution in [-0.2, 0) is 12.8 Å². The Kier molecular flexibility index (Phi) is 7.76. The van der Waals surface area contributed by atoms with E-state index in [9.17, 15) is 0 Å². The molecule has 2 aromatic rings. The fraction of sp³-hybridized carbons (Fsp3) is 0.571. The third-order valence-electron chi connectivity index (χ3n) is 8.50. The molecule has 4 N–H and O–H groups in total. The number of nitrogen functional groups attached to an aromatic ring is 2. The van der Waals surface area contributed by atoms with E-state index in [4.69, 9.17) is 11.5 Å². The van der Waals surface area contributed by atoms with Gasteiger partial charge >= 0.3 is 0 Å². The summed E-state index contributed by atoms with van der Waals surface area (Å²) < 4.78 is 0. The fourth-order valence-electron chi connectivity index (χ4n) is 6.88. The van der Waals surface area contributed by atoms with E-state index in [1.807, 2.05) is 12.1 Å². The van der Waals surface area contributed by atoms with Crippen LogP contribution in [0.3, 0.4) is 0 Å². The highest BCUT2D eigenvalue weighted by atomic mass is 28.3. The van der Waals surface area contributed by atoms with Crippen molar-refractivity contribution in [3.8, 4) is 0 Å². The molecule has 2 fully saturated rings. The van der Waals surface area contributed by atoms with Crippen LogP contribution < -0.4 is 11.5 Å². The van der Waals surface area contributed by atoms with Gasteiger partial charge in [0, 0.05) is 11.4 Å². The molecule has 2 nitrogen and oxygen atoms in total. The minimum atomic E-state index is -1.48. The van der Waals surface area contributed by atoms with E-state index in [1.54, 1.807) is 0 Å². The molecule has 31 heavy (non-hydrogen) atoms. The molecule has 0 spiro atoms. The molecule has 168 valence electrons. The Labute approximate surface area is 190 Å². The molecular weight excluding hydrogens is 392 g/mol. The maximum Gasteiger partial charge on any atom is 0.0604 e. The van der Waals surface area contributed by atoms with Crippen molar-refractivity contribution >= 4 is 19.4 Å². The van der Waals surface area contributed by atoms with E-state index >= 15 is 0 Å². The first-order valence-corrected chi connectivity index (χ1v) is 15.4. The molecule has 2 saturated carbocycles. The predicted octanol–water partition coefficient (Wildman–Crippen LogP) is 7.75. The van der Waals surface area contributed by atoms with Gasteiger partial charge < -0.3 is 11.5 Å². The zero-order valence-electron chi connectivity index (χ0n) is 19.3. The lowest BCUT2D eigenvalue weighted by molar-refractivity contribution is 0.446. The largest absolute Gasteiger partial charge is 0.399 e. The van der Waals surface area contributed by atoms with Crippen molar-refractivity contribution in [2.45, 2.75) is 100 Å². The van der Waals surface area contributed by atoms with Crippen LogP contribution >= 0.6 is 0 Å². The van der Waals surface area contributed by atoms with Crippen molar-refractivity contribution in [3.63, 3.8) is 0 Å². The molecule has 4 rings (SSSR count). The molecule has 2 aliphatic carbocycles. The number of aryl methyl sites for hydroxylation is 2. The minimum Gasteiger partial charge on any atom is -0.399 e. The molecule has 0 aliphatic heterocycles. The Balaban J connectivity index is 1.62. The van der Waals surface area contributed by atoms with Gasteiger partial charge in [0.1, 0.15) is 0 Å². The molecule has 2 aromatic carbocycles. The predicted molar refractivity (Wildman–Crippen MR) is 138 cm³/mol. The van der Waals surface area contributed by atoms with Gasteiger partial charge in [0.05, 0.1) is 8.07 Å². The van der Waals surface area contributed by atoms with E-state index in [0.717, 1.165) is 22.5 Å². The molecular formula is C28H42N2Si. The highest BCUT2D eigenvalue weighted by molar-refractivity contribution is 6.82. The van der Waals surface area contributed by atoms with Gasteiger partial charge in [-0.1, -0.05) is 101 Å². The summed E-state index contributed by atoms with van der Waals surface area (Å²) in [5, 5.41) is 0. The summed E-state index contributed by atoms with van der Waals surface area (Å²) >= 11 is 0. The highest BCUT2D eigenvalue weighted by Crippen LogP contribution is 2.53. The molecule has 0 heterocycles. The molecule has 0 radical (unpaired) electrons. The lowest BCUT2D eigenvalue weighted by atomic mass is 9.99. The summed E-state index contributed by atoms with van der Waals surface area (Å²) in [4.78, 5) is 0. The van der Waals surface area contributed by atoms with Gasteiger partial charge in [0.15, 0.2) is 0 Å². The van der Waals surface area contributed by atoms with Gasteiger partial charge in [-0.3, -0.25) is 0 Å². The van der Waals surface area contributed by atoms with Crippen LogP contribution in [0, 0.1) is 0 Å². The zero-order valence-corrected chi connectivity index (χ0v) is 20.3. The van der Waals surface area contributed by atoms with Crippen molar-refractivity contribution in [3.05, 3.63) is 59.7 Å². The normalized spacial score (nSPS) is 18.8. The van der Waals surface area contributed by atoms with Crippen LogP contribution in [0.1, 0.15) is 75.3 Å². The van der Waals surface area contributed by atoms with E-state index in [1.165, 1.54) is 100 Å². The smallest absolute Gasteiger partial charge is 0.0604 e. The average Bonchev–Trinajstić information content (AvgIpc) is 2.81. The van der Waals surface area contributed by atoms with Crippen LogP contribution in [0.5, 0.6) is 0 Å². The first kappa shape index (κ1) is 22.5. The van der Waals surface area contributed by atoms with Crippen molar-refractivity contribution < 1.29 is 0 Å². The van der Waals surface area contributed by atoms with Gasteiger partial charge in [0.25, 0.3) is 0 Å².